The summed E-state index contributed by atoms with van der Waals surface area (Å²) in [5, 5.41) is 0. The molecule has 0 saturated heterocycles. The number of rotatable bonds is 2. The second-order valence-electron chi connectivity index (χ2n) is 3.32. The molecule has 0 bridgehead atoms. The van der Waals surface area contributed by atoms with Crippen molar-refractivity contribution in [3.63, 3.8) is 0 Å². The molecule has 1 rings (SSSR count). The zero-order valence-corrected chi connectivity index (χ0v) is 6.89. The van der Waals surface area contributed by atoms with Crippen LogP contribution in [0.25, 0.3) is 0 Å². The number of hydrogen-bond acceptors (Lipinski definition) is 1. The molecule has 58 valence electrons. The second-order valence-corrected chi connectivity index (χ2v) is 3.32. The molecule has 0 aromatic heterocycles. The lowest BCUT2D eigenvalue weighted by molar-refractivity contribution is 0.0358. The van der Waals surface area contributed by atoms with E-state index < -0.39 is 0 Å². The molecule has 0 aliphatic heterocycles. The van der Waals surface area contributed by atoms with Crippen LogP contribution in [0.3, 0.4) is 0 Å². The molecule has 1 aliphatic carbocycles. The molecular formula is C9H16O. The molecule has 2 atom stereocenters. The molecular weight excluding hydrogens is 124 g/mol. The maximum absolute atomic E-state index is 5.35. The Bertz CT molecular complexity index is 111. The van der Waals surface area contributed by atoms with Gasteiger partial charge in [0, 0.05) is 7.11 Å². The Morgan fingerprint density at radius 3 is 2.80 bits per heavy atom. The minimum Gasteiger partial charge on any atom is -0.378 e. The molecule has 0 N–H and O–H groups in total. The van der Waals surface area contributed by atoms with Crippen LogP contribution in [-0.4, -0.2) is 12.7 Å². The largest absolute Gasteiger partial charge is 0.378 e. The van der Waals surface area contributed by atoms with E-state index in [4.69, 9.17) is 4.74 Å². The van der Waals surface area contributed by atoms with Crippen molar-refractivity contribution in [3.8, 4) is 0 Å². The average molecular weight is 140 g/mol. The van der Waals surface area contributed by atoms with Gasteiger partial charge in [-0.25, -0.2) is 0 Å². The Morgan fingerprint density at radius 2 is 2.50 bits per heavy atom. The van der Waals surface area contributed by atoms with Crippen LogP contribution in [0.2, 0.25) is 0 Å². The Hall–Kier alpha value is -0.0400. The molecule has 0 amide bonds. The molecule has 2 unspecified atom stereocenters. The summed E-state index contributed by atoms with van der Waals surface area (Å²) < 4.78 is 5.35. The van der Waals surface area contributed by atoms with Crippen molar-refractivity contribution in [2.24, 2.45) is 5.92 Å². The normalized spacial score (nSPS) is 40.5. The fraction of sp³-hybridized carbons (Fsp3) is 0.778. The van der Waals surface area contributed by atoms with Gasteiger partial charge in [-0.05, 0) is 32.1 Å². The minimum absolute atomic E-state index is 0.0440. The van der Waals surface area contributed by atoms with Crippen molar-refractivity contribution in [1.29, 1.82) is 0 Å². The number of hydrogen-bond donors (Lipinski definition) is 0. The van der Waals surface area contributed by atoms with Gasteiger partial charge >= 0.3 is 0 Å². The summed E-state index contributed by atoms with van der Waals surface area (Å²) in [6.07, 6.45) is 5.62. The van der Waals surface area contributed by atoms with Gasteiger partial charge in [0.05, 0.1) is 5.60 Å². The van der Waals surface area contributed by atoms with Gasteiger partial charge in [-0.15, -0.1) is 0 Å². The summed E-state index contributed by atoms with van der Waals surface area (Å²) in [4.78, 5) is 0. The first-order valence-corrected chi connectivity index (χ1v) is 3.89. The van der Waals surface area contributed by atoms with Crippen molar-refractivity contribution >= 4 is 0 Å². The van der Waals surface area contributed by atoms with Gasteiger partial charge in [-0.3, -0.25) is 0 Å². The highest BCUT2D eigenvalue weighted by atomic mass is 16.5. The first-order chi connectivity index (χ1) is 4.70. The lowest BCUT2D eigenvalue weighted by Gasteiger charge is -2.21. The average Bonchev–Trinajstić information content (AvgIpc) is 2.33. The first-order valence-electron chi connectivity index (χ1n) is 3.89. The standard InChI is InChI=1S/C9H16O/c1-4-8-5-6-9(2,7-8)10-3/h6,8H,1,4-5,7H2,2-3H3. The molecule has 2 radical (unpaired) electrons. The van der Waals surface area contributed by atoms with Gasteiger partial charge in [-0.2, -0.15) is 0 Å². The molecule has 1 fully saturated rings. The zero-order chi connectivity index (χ0) is 7.61. The van der Waals surface area contributed by atoms with Gasteiger partial charge < -0.3 is 4.74 Å². The van der Waals surface area contributed by atoms with Gasteiger partial charge in [0.25, 0.3) is 0 Å². The summed E-state index contributed by atoms with van der Waals surface area (Å²) in [5.74, 6) is 0.755. The third kappa shape index (κ3) is 1.51. The van der Waals surface area contributed by atoms with Crippen LogP contribution in [0, 0.1) is 19.3 Å². The Morgan fingerprint density at radius 1 is 1.80 bits per heavy atom. The molecule has 1 aliphatic rings. The number of methoxy groups -OCH3 is 1. The topological polar surface area (TPSA) is 9.23 Å². The lowest BCUT2D eigenvalue weighted by atomic mass is 10.0. The molecule has 1 saturated carbocycles. The Balaban J connectivity index is 2.41. The van der Waals surface area contributed by atoms with Crippen molar-refractivity contribution in [2.75, 3.05) is 7.11 Å². The molecule has 0 aromatic rings. The van der Waals surface area contributed by atoms with Crippen molar-refractivity contribution in [2.45, 2.75) is 31.8 Å². The van der Waals surface area contributed by atoms with E-state index in [1.807, 2.05) is 0 Å². The van der Waals surface area contributed by atoms with Crippen molar-refractivity contribution < 1.29 is 4.74 Å². The number of ether oxygens (including phenoxy) is 1. The van der Waals surface area contributed by atoms with E-state index in [1.54, 1.807) is 7.11 Å². The van der Waals surface area contributed by atoms with Gasteiger partial charge in [0.2, 0.25) is 0 Å². The molecule has 10 heavy (non-hydrogen) atoms. The highest BCUT2D eigenvalue weighted by Crippen LogP contribution is 2.36. The van der Waals surface area contributed by atoms with E-state index in [0.29, 0.717) is 0 Å². The highest BCUT2D eigenvalue weighted by molar-refractivity contribution is 5.00. The van der Waals surface area contributed by atoms with Crippen LogP contribution in [0.5, 0.6) is 0 Å². The summed E-state index contributed by atoms with van der Waals surface area (Å²) in [6, 6.07) is 0. The fourth-order valence-corrected chi connectivity index (χ4v) is 1.54. The SMILES string of the molecule is [CH2]CC1C[CH]C(C)(OC)C1. The van der Waals surface area contributed by atoms with E-state index in [9.17, 15) is 0 Å². The summed E-state index contributed by atoms with van der Waals surface area (Å²) in [5.41, 5.74) is 0.0440. The quantitative estimate of drug-likeness (QED) is 0.571. The molecule has 0 spiro atoms. The summed E-state index contributed by atoms with van der Waals surface area (Å²) in [7, 11) is 1.78. The third-order valence-corrected chi connectivity index (χ3v) is 2.45. The van der Waals surface area contributed by atoms with Crippen LogP contribution in [0.4, 0.5) is 0 Å². The molecule has 1 heteroatoms. The maximum Gasteiger partial charge on any atom is 0.0685 e. The zero-order valence-electron chi connectivity index (χ0n) is 6.89. The molecule has 0 heterocycles. The highest BCUT2D eigenvalue weighted by Gasteiger charge is 2.34. The minimum atomic E-state index is 0.0440. The van der Waals surface area contributed by atoms with Crippen molar-refractivity contribution in [1.82, 2.24) is 0 Å². The maximum atomic E-state index is 5.35. The fourth-order valence-electron chi connectivity index (χ4n) is 1.54. The third-order valence-electron chi connectivity index (χ3n) is 2.45. The van der Waals surface area contributed by atoms with Crippen LogP contribution in [0.1, 0.15) is 26.2 Å². The second kappa shape index (κ2) is 2.91. The molecule has 0 aromatic carbocycles. The van der Waals surface area contributed by atoms with E-state index in [-0.39, 0.29) is 5.60 Å². The van der Waals surface area contributed by atoms with Gasteiger partial charge in [0.15, 0.2) is 0 Å². The van der Waals surface area contributed by atoms with Gasteiger partial charge in [0.1, 0.15) is 0 Å². The van der Waals surface area contributed by atoms with E-state index in [0.717, 1.165) is 18.8 Å². The van der Waals surface area contributed by atoms with Crippen molar-refractivity contribution in [3.05, 3.63) is 13.3 Å². The van der Waals surface area contributed by atoms with Crippen LogP contribution in [0.15, 0.2) is 0 Å². The Labute approximate surface area is 63.8 Å². The van der Waals surface area contributed by atoms with Crippen LogP contribution in [-0.2, 0) is 4.74 Å². The van der Waals surface area contributed by atoms with E-state index in [2.05, 4.69) is 20.3 Å². The lowest BCUT2D eigenvalue weighted by Crippen LogP contribution is -2.23. The Kier molecular flexibility index (Phi) is 2.35. The smallest absolute Gasteiger partial charge is 0.0685 e. The summed E-state index contributed by atoms with van der Waals surface area (Å²) >= 11 is 0. The summed E-state index contributed by atoms with van der Waals surface area (Å²) in [6.45, 7) is 6.03. The molecule has 1 nitrogen and oxygen atoms in total. The van der Waals surface area contributed by atoms with Crippen LogP contribution >= 0.6 is 0 Å². The first kappa shape index (κ1) is 8.06. The predicted molar refractivity (Wildman–Crippen MR) is 42.4 cm³/mol. The van der Waals surface area contributed by atoms with Gasteiger partial charge in [-0.1, -0.05) is 13.3 Å². The predicted octanol–water partition coefficient (Wildman–Crippen LogP) is 2.23. The van der Waals surface area contributed by atoms with E-state index in [1.165, 1.54) is 6.42 Å². The van der Waals surface area contributed by atoms with E-state index >= 15 is 0 Å². The monoisotopic (exact) mass is 140 g/mol. The van der Waals surface area contributed by atoms with Crippen LogP contribution < -0.4 is 0 Å².